The maximum absolute atomic E-state index is 11.4. The Hall–Kier alpha value is -0.750. The number of nitrogens with two attached hydrogens (primary N) is 2. The van der Waals surface area contributed by atoms with Crippen LogP contribution in [0.4, 0.5) is 0 Å². The minimum atomic E-state index is -0.819. The fraction of sp³-hybridized carbons (Fsp3) is 0.778. The first kappa shape index (κ1) is 12.3. The molecule has 5 N–H and O–H groups in total. The van der Waals surface area contributed by atoms with Gasteiger partial charge in [0.15, 0.2) is 0 Å². The van der Waals surface area contributed by atoms with Gasteiger partial charge < -0.3 is 16.8 Å². The smallest absolute Gasteiger partial charge is 0.237 e. The zero-order valence-electron chi connectivity index (χ0n) is 8.79. The van der Waals surface area contributed by atoms with Gasteiger partial charge in [-0.2, -0.15) is 11.8 Å². The normalized spacial score (nSPS) is 19.3. The lowest BCUT2D eigenvalue weighted by molar-refractivity contribution is -0.126. The molecule has 2 amide bonds. The van der Waals surface area contributed by atoms with E-state index in [1.54, 1.807) is 11.8 Å². The van der Waals surface area contributed by atoms with Crippen molar-refractivity contribution in [2.45, 2.75) is 30.1 Å². The second-order valence-corrected chi connectivity index (χ2v) is 5.16. The third-order valence-corrected chi connectivity index (χ3v) is 4.00. The monoisotopic (exact) mass is 231 g/mol. The van der Waals surface area contributed by atoms with Crippen LogP contribution in [0, 0.1) is 0 Å². The molecule has 0 aromatic heterocycles. The highest BCUT2D eigenvalue weighted by molar-refractivity contribution is 8.00. The molecule has 0 aromatic carbocycles. The van der Waals surface area contributed by atoms with Crippen LogP contribution >= 0.6 is 11.8 Å². The van der Waals surface area contributed by atoms with Gasteiger partial charge in [0.05, 0.1) is 12.5 Å². The molecule has 86 valence electrons. The Balaban J connectivity index is 2.26. The second kappa shape index (κ2) is 4.85. The first-order valence-electron chi connectivity index (χ1n) is 4.86. The maximum atomic E-state index is 11.4. The summed E-state index contributed by atoms with van der Waals surface area (Å²) in [6.07, 6.45) is 4.18. The number of primary amides is 1. The van der Waals surface area contributed by atoms with Crippen molar-refractivity contribution in [3.8, 4) is 0 Å². The first-order chi connectivity index (χ1) is 6.99. The predicted molar refractivity (Wildman–Crippen MR) is 60.3 cm³/mol. The molecule has 0 heterocycles. The SMILES string of the molecule is CSC1(CNC(=O)C(N)CC(N)=O)CC1. The quantitative estimate of drug-likeness (QED) is 0.557. The van der Waals surface area contributed by atoms with Crippen LogP contribution in [0.15, 0.2) is 0 Å². The van der Waals surface area contributed by atoms with E-state index in [2.05, 4.69) is 5.32 Å². The summed E-state index contributed by atoms with van der Waals surface area (Å²) in [6.45, 7) is 0.624. The summed E-state index contributed by atoms with van der Waals surface area (Å²) < 4.78 is 0.210. The third kappa shape index (κ3) is 3.71. The Morgan fingerprint density at radius 3 is 2.53 bits per heavy atom. The van der Waals surface area contributed by atoms with Gasteiger partial charge in [0.2, 0.25) is 11.8 Å². The predicted octanol–water partition coefficient (Wildman–Crippen LogP) is -0.799. The van der Waals surface area contributed by atoms with Crippen molar-refractivity contribution in [3.05, 3.63) is 0 Å². The first-order valence-corrected chi connectivity index (χ1v) is 6.08. The van der Waals surface area contributed by atoms with Gasteiger partial charge in [-0.15, -0.1) is 0 Å². The second-order valence-electron chi connectivity index (χ2n) is 3.88. The molecule has 0 aromatic rings. The maximum Gasteiger partial charge on any atom is 0.237 e. The Labute approximate surface area is 93.3 Å². The molecule has 0 saturated heterocycles. The molecule has 1 rings (SSSR count). The molecule has 0 radical (unpaired) electrons. The van der Waals surface area contributed by atoms with Gasteiger partial charge in [0.25, 0.3) is 0 Å². The number of amides is 2. The summed E-state index contributed by atoms with van der Waals surface area (Å²) in [5, 5.41) is 2.75. The van der Waals surface area contributed by atoms with Crippen LogP contribution in [0.5, 0.6) is 0 Å². The van der Waals surface area contributed by atoms with Crippen LogP contribution in [0.25, 0.3) is 0 Å². The average Bonchev–Trinajstić information content (AvgIpc) is 2.94. The number of nitrogens with one attached hydrogen (secondary N) is 1. The van der Waals surface area contributed by atoms with Gasteiger partial charge in [-0.3, -0.25) is 9.59 Å². The van der Waals surface area contributed by atoms with E-state index in [1.165, 1.54) is 0 Å². The molecular weight excluding hydrogens is 214 g/mol. The van der Waals surface area contributed by atoms with Crippen molar-refractivity contribution < 1.29 is 9.59 Å². The summed E-state index contributed by atoms with van der Waals surface area (Å²) in [4.78, 5) is 22.0. The molecule has 1 aliphatic rings. The van der Waals surface area contributed by atoms with Crippen molar-refractivity contribution in [1.29, 1.82) is 0 Å². The van der Waals surface area contributed by atoms with E-state index in [-0.39, 0.29) is 17.1 Å². The van der Waals surface area contributed by atoms with Crippen molar-refractivity contribution in [2.24, 2.45) is 11.5 Å². The largest absolute Gasteiger partial charge is 0.370 e. The van der Waals surface area contributed by atoms with Crippen molar-refractivity contribution in [3.63, 3.8) is 0 Å². The molecule has 0 spiro atoms. The molecule has 0 bridgehead atoms. The molecule has 1 atom stereocenters. The van der Waals surface area contributed by atoms with E-state index < -0.39 is 11.9 Å². The summed E-state index contributed by atoms with van der Waals surface area (Å²) in [7, 11) is 0. The van der Waals surface area contributed by atoms with E-state index in [1.807, 2.05) is 6.26 Å². The molecular formula is C9H17N3O2S. The van der Waals surface area contributed by atoms with Crippen molar-refractivity contribution >= 4 is 23.6 Å². The number of carbonyl (C=O) groups excluding carboxylic acids is 2. The number of carbonyl (C=O) groups is 2. The third-order valence-electron chi connectivity index (χ3n) is 2.58. The van der Waals surface area contributed by atoms with Gasteiger partial charge in [0.1, 0.15) is 0 Å². The molecule has 1 fully saturated rings. The summed E-state index contributed by atoms with van der Waals surface area (Å²) in [5.41, 5.74) is 10.4. The molecule has 6 heteroatoms. The summed E-state index contributed by atoms with van der Waals surface area (Å²) in [5.74, 6) is -0.849. The highest BCUT2D eigenvalue weighted by Crippen LogP contribution is 2.46. The summed E-state index contributed by atoms with van der Waals surface area (Å²) >= 11 is 1.76. The molecule has 0 aliphatic heterocycles. The highest BCUT2D eigenvalue weighted by atomic mass is 32.2. The van der Waals surface area contributed by atoms with Gasteiger partial charge in [-0.05, 0) is 19.1 Å². The van der Waals surface area contributed by atoms with Crippen LogP contribution in [-0.2, 0) is 9.59 Å². The Bertz CT molecular complexity index is 266. The Kier molecular flexibility index (Phi) is 3.98. The van der Waals surface area contributed by atoms with E-state index in [4.69, 9.17) is 11.5 Å². The van der Waals surface area contributed by atoms with E-state index in [0.717, 1.165) is 12.8 Å². The van der Waals surface area contributed by atoms with Crippen LogP contribution in [-0.4, -0.2) is 35.4 Å². The fourth-order valence-corrected chi connectivity index (χ4v) is 2.01. The molecule has 1 unspecified atom stereocenters. The lowest BCUT2D eigenvalue weighted by Crippen LogP contribution is -2.45. The average molecular weight is 231 g/mol. The minimum Gasteiger partial charge on any atom is -0.370 e. The lowest BCUT2D eigenvalue weighted by atomic mass is 10.2. The van der Waals surface area contributed by atoms with E-state index in [0.29, 0.717) is 6.54 Å². The molecule has 1 aliphatic carbocycles. The van der Waals surface area contributed by atoms with E-state index >= 15 is 0 Å². The van der Waals surface area contributed by atoms with Crippen LogP contribution in [0.1, 0.15) is 19.3 Å². The number of thioether (sulfide) groups is 1. The van der Waals surface area contributed by atoms with Gasteiger partial charge >= 0.3 is 0 Å². The number of hydrogen-bond donors (Lipinski definition) is 3. The lowest BCUT2D eigenvalue weighted by Gasteiger charge is -2.15. The van der Waals surface area contributed by atoms with Crippen molar-refractivity contribution in [1.82, 2.24) is 5.32 Å². The van der Waals surface area contributed by atoms with E-state index in [9.17, 15) is 9.59 Å². The highest BCUT2D eigenvalue weighted by Gasteiger charge is 2.42. The number of hydrogen-bond acceptors (Lipinski definition) is 4. The number of rotatable bonds is 6. The zero-order valence-corrected chi connectivity index (χ0v) is 9.60. The molecule has 1 saturated carbocycles. The minimum absolute atomic E-state index is 0.0991. The Morgan fingerprint density at radius 2 is 2.13 bits per heavy atom. The standard InChI is InChI=1S/C9H17N3O2S/c1-15-9(2-3-9)5-12-8(14)6(10)4-7(11)13/h6H,2-5,10H2,1H3,(H2,11,13)(H,12,14). The van der Waals surface area contributed by atoms with Crippen LogP contribution in [0.3, 0.4) is 0 Å². The van der Waals surface area contributed by atoms with Gasteiger partial charge in [-0.1, -0.05) is 0 Å². The fourth-order valence-electron chi connectivity index (χ4n) is 1.28. The van der Waals surface area contributed by atoms with Gasteiger partial charge in [0, 0.05) is 11.3 Å². The molecule has 5 nitrogen and oxygen atoms in total. The van der Waals surface area contributed by atoms with Crippen molar-refractivity contribution in [2.75, 3.05) is 12.8 Å². The van der Waals surface area contributed by atoms with Crippen LogP contribution in [0.2, 0.25) is 0 Å². The van der Waals surface area contributed by atoms with Crippen LogP contribution < -0.4 is 16.8 Å². The Morgan fingerprint density at radius 1 is 1.53 bits per heavy atom. The van der Waals surface area contributed by atoms with Gasteiger partial charge in [-0.25, -0.2) is 0 Å². The molecule has 15 heavy (non-hydrogen) atoms. The summed E-state index contributed by atoms with van der Waals surface area (Å²) in [6, 6.07) is -0.819. The zero-order chi connectivity index (χ0) is 11.5. The topological polar surface area (TPSA) is 98.2 Å².